The van der Waals surface area contributed by atoms with Gasteiger partial charge in [-0.25, -0.2) is 0 Å². The third-order valence-corrected chi connectivity index (χ3v) is 8.28. The van der Waals surface area contributed by atoms with E-state index in [-0.39, 0.29) is 30.4 Å². The first-order chi connectivity index (χ1) is 17.9. The van der Waals surface area contributed by atoms with Crippen molar-refractivity contribution in [2.24, 2.45) is 0 Å². The summed E-state index contributed by atoms with van der Waals surface area (Å²) >= 11 is 0. The summed E-state index contributed by atoms with van der Waals surface area (Å²) in [5.74, 6) is -1.19. The Morgan fingerprint density at radius 3 is 2.14 bits per heavy atom. The average molecular weight is 527 g/mol. The summed E-state index contributed by atoms with van der Waals surface area (Å²) in [5, 5.41) is 20.6. The van der Waals surface area contributed by atoms with Crippen molar-refractivity contribution in [1.29, 1.82) is 0 Å². The second kappa shape index (κ2) is 16.4. The normalized spacial score (nSPS) is 32.4. The predicted molar refractivity (Wildman–Crippen MR) is 143 cm³/mol. The smallest absolute Gasteiger partial charge is 0.302 e. The second-order valence-electron chi connectivity index (χ2n) is 11.8. The molecule has 0 bridgehead atoms. The fourth-order valence-electron chi connectivity index (χ4n) is 6.41. The highest BCUT2D eigenvalue weighted by molar-refractivity contribution is 5.66. The Labute approximate surface area is 225 Å². The summed E-state index contributed by atoms with van der Waals surface area (Å²) in [6.07, 6.45) is 19.1. The van der Waals surface area contributed by atoms with E-state index in [9.17, 15) is 15.0 Å². The summed E-state index contributed by atoms with van der Waals surface area (Å²) in [6.45, 7) is 3.69. The third kappa shape index (κ3) is 11.1. The van der Waals surface area contributed by atoms with E-state index in [0.717, 1.165) is 25.7 Å². The Morgan fingerprint density at radius 1 is 0.892 bits per heavy atom. The Balaban J connectivity index is 1.30. The molecule has 7 atom stereocenters. The van der Waals surface area contributed by atoms with Gasteiger partial charge < -0.3 is 29.2 Å². The van der Waals surface area contributed by atoms with E-state index in [1.54, 1.807) is 0 Å². The third-order valence-electron chi connectivity index (χ3n) is 8.28. The van der Waals surface area contributed by atoms with Crippen molar-refractivity contribution in [3.63, 3.8) is 0 Å². The number of carbonyl (C=O) groups excluding carboxylic acids is 1. The minimum atomic E-state index is -0.877. The number of fused-ring (bicyclic) bond motifs is 1. The number of rotatable bonds is 17. The van der Waals surface area contributed by atoms with Gasteiger partial charge in [-0.2, -0.15) is 0 Å². The fraction of sp³-hybridized carbons (Fsp3) is 0.967. The zero-order chi connectivity index (χ0) is 26.5. The van der Waals surface area contributed by atoms with Crippen molar-refractivity contribution >= 4 is 5.97 Å². The van der Waals surface area contributed by atoms with Gasteiger partial charge in [0.25, 0.3) is 0 Å². The molecule has 0 aliphatic carbocycles. The van der Waals surface area contributed by atoms with Crippen molar-refractivity contribution in [3.8, 4) is 0 Å². The number of ether oxygens (including phenoxy) is 4. The van der Waals surface area contributed by atoms with Crippen LogP contribution in [0.1, 0.15) is 142 Å². The monoisotopic (exact) mass is 526 g/mol. The summed E-state index contributed by atoms with van der Waals surface area (Å²) in [4.78, 5) is 11.7. The quantitative estimate of drug-likeness (QED) is 0.169. The van der Waals surface area contributed by atoms with Crippen LogP contribution >= 0.6 is 0 Å². The van der Waals surface area contributed by atoms with Gasteiger partial charge in [-0.3, -0.25) is 4.79 Å². The van der Waals surface area contributed by atoms with Crippen molar-refractivity contribution in [2.45, 2.75) is 185 Å². The van der Waals surface area contributed by atoms with Gasteiger partial charge in [-0.05, 0) is 19.3 Å². The summed E-state index contributed by atoms with van der Waals surface area (Å²) in [7, 11) is 0. The minimum Gasteiger partial charge on any atom is -0.462 e. The predicted octanol–water partition coefficient (Wildman–Crippen LogP) is 6.31. The molecule has 2 N–H and O–H groups in total. The molecule has 3 rings (SSSR count). The minimum absolute atomic E-state index is 0.115. The molecule has 0 aromatic heterocycles. The number of aliphatic hydroxyl groups excluding tert-OH is 2. The number of unbranched alkanes of at least 4 members (excludes halogenated alkanes) is 12. The Hall–Kier alpha value is -0.730. The van der Waals surface area contributed by atoms with E-state index in [0.29, 0.717) is 32.1 Å². The molecule has 0 amide bonds. The van der Waals surface area contributed by atoms with Gasteiger partial charge in [0.15, 0.2) is 12.1 Å². The number of esters is 1. The van der Waals surface area contributed by atoms with E-state index in [2.05, 4.69) is 6.92 Å². The molecule has 3 heterocycles. The number of aliphatic hydroxyl groups is 2. The molecule has 3 fully saturated rings. The van der Waals surface area contributed by atoms with Crippen LogP contribution in [0.3, 0.4) is 0 Å². The van der Waals surface area contributed by atoms with Gasteiger partial charge in [0.05, 0.1) is 24.4 Å². The molecule has 7 nitrogen and oxygen atoms in total. The largest absolute Gasteiger partial charge is 0.462 e. The van der Waals surface area contributed by atoms with Gasteiger partial charge in [-0.1, -0.05) is 90.4 Å². The molecular formula is C30H54O7. The van der Waals surface area contributed by atoms with E-state index >= 15 is 0 Å². The molecule has 3 aliphatic heterocycles. The van der Waals surface area contributed by atoms with Crippen LogP contribution in [0, 0.1) is 0 Å². The first kappa shape index (κ1) is 30.8. The molecule has 0 aromatic rings. The zero-order valence-electron chi connectivity index (χ0n) is 23.5. The lowest BCUT2D eigenvalue weighted by Crippen LogP contribution is -2.48. The summed E-state index contributed by atoms with van der Waals surface area (Å²) in [5.41, 5.74) is 0. The van der Waals surface area contributed by atoms with E-state index < -0.39 is 18.2 Å². The molecule has 0 saturated carbocycles. The topological polar surface area (TPSA) is 94.5 Å². The highest BCUT2D eigenvalue weighted by atomic mass is 16.7. The molecular weight excluding hydrogens is 472 g/mol. The van der Waals surface area contributed by atoms with Crippen LogP contribution in [-0.4, -0.2) is 58.8 Å². The van der Waals surface area contributed by atoms with Crippen molar-refractivity contribution in [2.75, 3.05) is 0 Å². The van der Waals surface area contributed by atoms with Gasteiger partial charge in [0.2, 0.25) is 0 Å². The SMILES string of the molecule is CCCCCCCCCCCCCCCC(O)CC1CC(OC(C)=O)CC2(CC3OC(O)CCC3O2)O1. The molecule has 7 heteroatoms. The van der Waals surface area contributed by atoms with Gasteiger partial charge in [0, 0.05) is 32.6 Å². The standard InChI is InChI=1S/C30H54O7/c1-3-4-5-6-7-8-9-10-11-12-13-14-15-16-24(32)19-25-20-26(34-23(2)31)21-30(36-25)22-28-27(37-30)17-18-29(33)35-28/h24-29,32-33H,3-22H2,1-2H3. The van der Waals surface area contributed by atoms with Gasteiger partial charge in [0.1, 0.15) is 6.10 Å². The molecule has 3 saturated heterocycles. The maximum absolute atomic E-state index is 11.7. The lowest BCUT2D eigenvalue weighted by atomic mass is 9.91. The Bertz CT molecular complexity index is 643. The highest BCUT2D eigenvalue weighted by Gasteiger charge is 2.54. The van der Waals surface area contributed by atoms with Crippen molar-refractivity contribution < 1.29 is 34.0 Å². The van der Waals surface area contributed by atoms with Crippen LogP contribution < -0.4 is 0 Å². The maximum atomic E-state index is 11.7. The van der Waals surface area contributed by atoms with Crippen molar-refractivity contribution in [3.05, 3.63) is 0 Å². The molecule has 1 spiro atoms. The number of hydrogen-bond donors (Lipinski definition) is 2. The fourth-order valence-corrected chi connectivity index (χ4v) is 6.41. The zero-order valence-corrected chi connectivity index (χ0v) is 23.5. The highest BCUT2D eigenvalue weighted by Crippen LogP contribution is 2.46. The van der Waals surface area contributed by atoms with E-state index in [1.807, 2.05) is 0 Å². The van der Waals surface area contributed by atoms with E-state index in [4.69, 9.17) is 18.9 Å². The molecule has 3 aliphatic rings. The molecule has 7 unspecified atom stereocenters. The second-order valence-corrected chi connectivity index (χ2v) is 11.8. The van der Waals surface area contributed by atoms with Crippen LogP contribution in [0.5, 0.6) is 0 Å². The number of carbonyl (C=O) groups is 1. The average Bonchev–Trinajstić information content (AvgIpc) is 3.17. The van der Waals surface area contributed by atoms with Crippen LogP contribution in [0.2, 0.25) is 0 Å². The van der Waals surface area contributed by atoms with Crippen LogP contribution in [0.4, 0.5) is 0 Å². The Morgan fingerprint density at radius 2 is 1.51 bits per heavy atom. The van der Waals surface area contributed by atoms with Crippen LogP contribution in [-0.2, 0) is 23.7 Å². The van der Waals surface area contributed by atoms with E-state index in [1.165, 1.54) is 77.6 Å². The lowest BCUT2D eigenvalue weighted by Gasteiger charge is -2.42. The molecule has 0 radical (unpaired) electrons. The summed E-state index contributed by atoms with van der Waals surface area (Å²) < 4.78 is 24.0. The van der Waals surface area contributed by atoms with Gasteiger partial charge in [-0.15, -0.1) is 0 Å². The first-order valence-corrected chi connectivity index (χ1v) is 15.4. The van der Waals surface area contributed by atoms with Crippen molar-refractivity contribution in [1.82, 2.24) is 0 Å². The molecule has 37 heavy (non-hydrogen) atoms. The number of hydrogen-bond acceptors (Lipinski definition) is 7. The maximum Gasteiger partial charge on any atom is 0.302 e. The first-order valence-electron chi connectivity index (χ1n) is 15.4. The molecule has 216 valence electrons. The lowest BCUT2D eigenvalue weighted by molar-refractivity contribution is -0.292. The van der Waals surface area contributed by atoms with Crippen LogP contribution in [0.15, 0.2) is 0 Å². The molecule has 0 aromatic carbocycles. The summed E-state index contributed by atoms with van der Waals surface area (Å²) in [6, 6.07) is 0. The Kier molecular flexibility index (Phi) is 13.6. The van der Waals surface area contributed by atoms with Crippen LogP contribution in [0.25, 0.3) is 0 Å². The van der Waals surface area contributed by atoms with Gasteiger partial charge >= 0.3 is 5.97 Å².